The zero-order valence-electron chi connectivity index (χ0n) is 11.1. The zero-order chi connectivity index (χ0) is 13.7. The van der Waals surface area contributed by atoms with Crippen LogP contribution in [0, 0.1) is 0 Å². The molecule has 1 fully saturated rings. The molecule has 0 radical (unpaired) electrons. The minimum atomic E-state index is -0.841. The number of rotatable bonds is 5. The Morgan fingerprint density at radius 2 is 2.26 bits per heavy atom. The van der Waals surface area contributed by atoms with Crippen LogP contribution in [0.5, 0.6) is 5.75 Å². The van der Waals surface area contributed by atoms with Crippen LogP contribution in [0.1, 0.15) is 13.3 Å². The highest BCUT2D eigenvalue weighted by Crippen LogP contribution is 2.18. The first-order valence-corrected chi connectivity index (χ1v) is 6.57. The summed E-state index contributed by atoms with van der Waals surface area (Å²) < 4.78 is 5.85. The molecule has 0 saturated carbocycles. The Balaban J connectivity index is 2.08. The molecule has 0 bridgehead atoms. The number of carbonyl (C=O) groups is 1. The second kappa shape index (κ2) is 6.54. The molecule has 2 atom stereocenters. The van der Waals surface area contributed by atoms with E-state index in [1.165, 1.54) is 0 Å². The molecule has 1 heterocycles. The molecule has 0 aliphatic carbocycles. The van der Waals surface area contributed by atoms with E-state index in [1.807, 2.05) is 30.3 Å². The molecule has 2 rings (SSSR count). The van der Waals surface area contributed by atoms with E-state index >= 15 is 0 Å². The Morgan fingerprint density at radius 1 is 1.53 bits per heavy atom. The summed E-state index contributed by atoms with van der Waals surface area (Å²) in [4.78, 5) is 13.1. The number of nitrogens with zero attached hydrogens (tertiary/aromatic N) is 1. The minimum Gasteiger partial charge on any atom is -0.481 e. The predicted octanol–water partition coefficient (Wildman–Crippen LogP) is 1.16. The van der Waals surface area contributed by atoms with Gasteiger partial charge in [0.25, 0.3) is 0 Å². The number of para-hydroxylation sites is 1. The summed E-state index contributed by atoms with van der Waals surface area (Å²) in [5.74, 6) is -0.133. The second-order valence-corrected chi connectivity index (χ2v) is 4.77. The Labute approximate surface area is 113 Å². The first-order valence-electron chi connectivity index (χ1n) is 6.57. The summed E-state index contributed by atoms with van der Waals surface area (Å²) in [6.45, 7) is 4.59. The predicted molar refractivity (Wildman–Crippen MR) is 72.1 cm³/mol. The van der Waals surface area contributed by atoms with E-state index in [0.29, 0.717) is 5.75 Å². The van der Waals surface area contributed by atoms with E-state index < -0.39 is 12.2 Å². The van der Waals surface area contributed by atoms with Gasteiger partial charge in [-0.15, -0.1) is 0 Å². The smallest absolute Gasteiger partial charge is 0.308 e. The molecular formula is C14H20N2O3. The van der Waals surface area contributed by atoms with Crippen LogP contribution in [0.15, 0.2) is 30.3 Å². The Morgan fingerprint density at radius 3 is 2.89 bits per heavy atom. The average Bonchev–Trinajstić information content (AvgIpc) is 2.39. The highest BCUT2D eigenvalue weighted by Gasteiger charge is 2.29. The van der Waals surface area contributed by atoms with Crippen molar-refractivity contribution in [1.82, 2.24) is 10.2 Å². The fraction of sp³-hybridized carbons (Fsp3) is 0.500. The molecule has 0 aromatic heterocycles. The second-order valence-electron chi connectivity index (χ2n) is 4.77. The summed E-state index contributed by atoms with van der Waals surface area (Å²) in [7, 11) is 0. The van der Waals surface area contributed by atoms with Gasteiger partial charge in [0.1, 0.15) is 5.75 Å². The molecular weight excluding hydrogens is 244 g/mol. The van der Waals surface area contributed by atoms with Crippen LogP contribution in [0.25, 0.3) is 0 Å². The van der Waals surface area contributed by atoms with Gasteiger partial charge in [-0.2, -0.15) is 0 Å². The van der Waals surface area contributed by atoms with Crippen molar-refractivity contribution in [2.24, 2.45) is 0 Å². The third-order valence-electron chi connectivity index (χ3n) is 3.29. The number of carboxylic acid groups (broad SMARTS) is 1. The van der Waals surface area contributed by atoms with Gasteiger partial charge in [0.05, 0.1) is 6.42 Å². The lowest BCUT2D eigenvalue weighted by molar-refractivity contribution is -0.142. The number of aliphatic carboxylic acids is 1. The van der Waals surface area contributed by atoms with Crippen LogP contribution in [0.3, 0.4) is 0 Å². The normalized spacial score (nSPS) is 21.8. The molecule has 5 nitrogen and oxygen atoms in total. The SMILES string of the molecule is CC1CNCCN1C(CC(=O)O)Oc1ccccc1. The molecule has 2 unspecified atom stereocenters. The molecule has 1 aromatic carbocycles. The fourth-order valence-electron chi connectivity index (χ4n) is 2.32. The van der Waals surface area contributed by atoms with E-state index in [1.54, 1.807) is 0 Å². The van der Waals surface area contributed by atoms with Crippen LogP contribution >= 0.6 is 0 Å². The van der Waals surface area contributed by atoms with Gasteiger partial charge < -0.3 is 15.2 Å². The number of nitrogens with one attached hydrogen (secondary N) is 1. The monoisotopic (exact) mass is 264 g/mol. The van der Waals surface area contributed by atoms with Gasteiger partial charge >= 0.3 is 5.97 Å². The topological polar surface area (TPSA) is 61.8 Å². The largest absolute Gasteiger partial charge is 0.481 e. The highest BCUT2D eigenvalue weighted by atomic mass is 16.5. The summed E-state index contributed by atoms with van der Waals surface area (Å²) in [5, 5.41) is 12.3. The van der Waals surface area contributed by atoms with Crippen LogP contribution in [0.2, 0.25) is 0 Å². The number of carboxylic acids is 1. The summed E-state index contributed by atoms with van der Waals surface area (Å²) in [6, 6.07) is 9.64. The van der Waals surface area contributed by atoms with Crippen LogP contribution in [-0.2, 0) is 4.79 Å². The number of hydrogen-bond acceptors (Lipinski definition) is 4. The van der Waals surface area contributed by atoms with E-state index in [-0.39, 0.29) is 12.5 Å². The standard InChI is InChI=1S/C14H20N2O3/c1-11-10-15-7-8-16(11)13(9-14(17)18)19-12-5-3-2-4-6-12/h2-6,11,13,15H,7-10H2,1H3,(H,17,18). The van der Waals surface area contributed by atoms with Gasteiger partial charge in [-0.05, 0) is 19.1 Å². The number of piperazine rings is 1. The van der Waals surface area contributed by atoms with E-state index in [0.717, 1.165) is 19.6 Å². The molecule has 5 heteroatoms. The fourth-order valence-corrected chi connectivity index (χ4v) is 2.32. The number of benzene rings is 1. The van der Waals surface area contributed by atoms with E-state index in [9.17, 15) is 4.79 Å². The molecule has 2 N–H and O–H groups in total. The first-order chi connectivity index (χ1) is 9.16. The lowest BCUT2D eigenvalue weighted by Crippen LogP contribution is -2.56. The number of ether oxygens (including phenoxy) is 1. The molecule has 1 saturated heterocycles. The van der Waals surface area contributed by atoms with Crippen molar-refractivity contribution in [3.63, 3.8) is 0 Å². The lowest BCUT2D eigenvalue weighted by Gasteiger charge is -2.39. The van der Waals surface area contributed by atoms with Crippen LogP contribution in [0.4, 0.5) is 0 Å². The van der Waals surface area contributed by atoms with Crippen LogP contribution < -0.4 is 10.1 Å². The van der Waals surface area contributed by atoms with Crippen LogP contribution in [-0.4, -0.2) is 47.9 Å². The van der Waals surface area contributed by atoms with Gasteiger partial charge in [0.15, 0.2) is 6.23 Å². The molecule has 0 spiro atoms. The number of hydrogen-bond donors (Lipinski definition) is 2. The quantitative estimate of drug-likeness (QED) is 0.835. The summed E-state index contributed by atoms with van der Waals surface area (Å²) >= 11 is 0. The Kier molecular flexibility index (Phi) is 4.76. The molecule has 1 aliphatic heterocycles. The highest BCUT2D eigenvalue weighted by molar-refractivity contribution is 5.67. The van der Waals surface area contributed by atoms with Crippen molar-refractivity contribution in [2.45, 2.75) is 25.6 Å². The van der Waals surface area contributed by atoms with Gasteiger partial charge in [-0.3, -0.25) is 9.69 Å². The van der Waals surface area contributed by atoms with Gasteiger partial charge in [-0.1, -0.05) is 18.2 Å². The maximum absolute atomic E-state index is 11.0. The molecule has 1 aliphatic rings. The molecule has 19 heavy (non-hydrogen) atoms. The van der Waals surface area contributed by atoms with Crippen molar-refractivity contribution in [1.29, 1.82) is 0 Å². The van der Waals surface area contributed by atoms with Crippen molar-refractivity contribution in [2.75, 3.05) is 19.6 Å². The third kappa shape index (κ3) is 3.94. The van der Waals surface area contributed by atoms with E-state index in [2.05, 4.69) is 17.1 Å². The average molecular weight is 264 g/mol. The minimum absolute atomic E-state index is 0.0146. The maximum Gasteiger partial charge on any atom is 0.308 e. The first kappa shape index (κ1) is 13.8. The van der Waals surface area contributed by atoms with Crippen molar-refractivity contribution >= 4 is 5.97 Å². The zero-order valence-corrected chi connectivity index (χ0v) is 11.1. The summed E-state index contributed by atoms with van der Waals surface area (Å²) in [5.41, 5.74) is 0. The maximum atomic E-state index is 11.0. The summed E-state index contributed by atoms with van der Waals surface area (Å²) in [6.07, 6.45) is -0.434. The van der Waals surface area contributed by atoms with Crippen molar-refractivity contribution in [3.05, 3.63) is 30.3 Å². The van der Waals surface area contributed by atoms with Crippen molar-refractivity contribution < 1.29 is 14.6 Å². The van der Waals surface area contributed by atoms with Gasteiger partial charge in [0, 0.05) is 25.7 Å². The molecule has 1 aromatic rings. The van der Waals surface area contributed by atoms with Gasteiger partial charge in [-0.25, -0.2) is 0 Å². The third-order valence-corrected chi connectivity index (χ3v) is 3.29. The molecule has 0 amide bonds. The van der Waals surface area contributed by atoms with E-state index in [4.69, 9.17) is 9.84 Å². The van der Waals surface area contributed by atoms with Gasteiger partial charge in [0.2, 0.25) is 0 Å². The molecule has 104 valence electrons. The Bertz CT molecular complexity index is 410. The lowest BCUT2D eigenvalue weighted by atomic mass is 10.2. The van der Waals surface area contributed by atoms with Crippen molar-refractivity contribution in [3.8, 4) is 5.75 Å². The Hall–Kier alpha value is -1.59.